The maximum absolute atomic E-state index is 2.56. The molecule has 75 heavy (non-hydrogen) atoms. The Morgan fingerprint density at radius 3 is 0.853 bits per heavy atom. The summed E-state index contributed by atoms with van der Waals surface area (Å²) in [5, 5.41) is 26.7. The van der Waals surface area contributed by atoms with Gasteiger partial charge in [0.25, 0.3) is 0 Å². The van der Waals surface area contributed by atoms with E-state index in [0.717, 1.165) is 0 Å². The zero-order valence-electron chi connectivity index (χ0n) is 41.3. The van der Waals surface area contributed by atoms with Gasteiger partial charge in [-0.1, -0.05) is 208 Å². The van der Waals surface area contributed by atoms with Crippen LogP contribution in [0, 0.1) is 0 Å². The van der Waals surface area contributed by atoms with Gasteiger partial charge in [0.2, 0.25) is 0 Å². The molecule has 0 unspecified atom stereocenters. The molecule has 0 heteroatoms. The zero-order valence-corrected chi connectivity index (χ0v) is 41.3. The van der Waals surface area contributed by atoms with Crippen LogP contribution < -0.4 is 0 Å². The lowest BCUT2D eigenvalue weighted by atomic mass is 9.80. The number of rotatable bonds is 2. The fourth-order valence-corrected chi connectivity index (χ4v) is 15.7. The Hall–Kier alpha value is -9.36. The third kappa shape index (κ3) is 4.61. The van der Waals surface area contributed by atoms with Crippen molar-refractivity contribution < 1.29 is 0 Å². The molecule has 0 nitrogen and oxygen atoms in total. The average Bonchev–Trinajstić information content (AvgIpc) is 4.03. The van der Waals surface area contributed by atoms with E-state index in [0.29, 0.717) is 0 Å². The lowest BCUT2D eigenvalue weighted by molar-refractivity contribution is 0.661. The van der Waals surface area contributed by atoms with E-state index in [1.165, 1.54) is 197 Å². The van der Waals surface area contributed by atoms with Gasteiger partial charge in [0.1, 0.15) is 0 Å². The van der Waals surface area contributed by atoms with Gasteiger partial charge in [-0.2, -0.15) is 0 Å². The third-order valence-electron chi connectivity index (χ3n) is 18.8. The molecule has 342 valence electrons. The minimum atomic E-state index is -0.186. The molecule has 0 heterocycles. The fourth-order valence-electron chi connectivity index (χ4n) is 15.7. The molecule has 0 bridgehead atoms. The standard InChI is InChI=1S/C75H42/c1-75(2)67-37-63-59-33-29-43(41-27-31-57-51-17-5-13-39-11-3-15-49(69(39)51)53-23-7-19-45(41)71(53)57)47-21-9-25-55(73(47)59)61(63)35-65(67)66-36-62-56-26-10-22-48-44(30-34-60(74(48)56)64(62)38-68(66)75)42-28-32-58-52-18-6-14-40-12-4-16-50(70(40)52)54-24-8-20-46(42)72(54)58/h3-38H,1-2H3. The topological polar surface area (TPSA) is 0 Å². The molecular formula is C75H42. The van der Waals surface area contributed by atoms with Crippen LogP contribution in [0.2, 0.25) is 0 Å². The molecule has 0 fully saturated rings. The predicted molar refractivity (Wildman–Crippen MR) is 321 cm³/mol. The van der Waals surface area contributed by atoms with Crippen LogP contribution in [0.15, 0.2) is 218 Å². The van der Waals surface area contributed by atoms with Gasteiger partial charge in [0.05, 0.1) is 0 Å². The Labute approximate surface area is 432 Å². The van der Waals surface area contributed by atoms with Gasteiger partial charge in [-0.15, -0.1) is 0 Å². The van der Waals surface area contributed by atoms with Crippen molar-refractivity contribution in [3.8, 4) is 77.9 Å². The summed E-state index contributed by atoms with van der Waals surface area (Å²) in [5.74, 6) is 0. The second-order valence-corrected chi connectivity index (χ2v) is 22.5. The van der Waals surface area contributed by atoms with Crippen molar-refractivity contribution in [2.75, 3.05) is 0 Å². The second-order valence-electron chi connectivity index (χ2n) is 22.5. The molecule has 0 atom stereocenters. The van der Waals surface area contributed by atoms with E-state index in [2.05, 4.69) is 232 Å². The maximum Gasteiger partial charge on any atom is 0.0159 e. The maximum atomic E-state index is 2.56. The van der Waals surface area contributed by atoms with Crippen molar-refractivity contribution in [3.05, 3.63) is 230 Å². The molecule has 0 aromatic heterocycles. The number of hydrogen-bond donors (Lipinski definition) is 0. The van der Waals surface area contributed by atoms with Gasteiger partial charge in [-0.25, -0.2) is 0 Å². The summed E-state index contributed by atoms with van der Waals surface area (Å²) in [5.41, 5.74) is 21.3. The minimum Gasteiger partial charge on any atom is -0.0610 e. The molecule has 3 aliphatic carbocycles. The number of benzene rings is 16. The van der Waals surface area contributed by atoms with E-state index < -0.39 is 0 Å². The third-order valence-corrected chi connectivity index (χ3v) is 18.8. The average molecular weight is 943 g/mol. The highest BCUT2D eigenvalue weighted by Crippen LogP contribution is 2.60. The van der Waals surface area contributed by atoms with E-state index in [-0.39, 0.29) is 5.41 Å². The van der Waals surface area contributed by atoms with Crippen molar-refractivity contribution in [2.45, 2.75) is 19.3 Å². The fraction of sp³-hybridized carbons (Fsp3) is 0.0400. The Balaban J connectivity index is 0.763. The van der Waals surface area contributed by atoms with Gasteiger partial charge in [0.15, 0.2) is 0 Å². The molecule has 0 aliphatic heterocycles. The highest BCUT2D eigenvalue weighted by Gasteiger charge is 2.40. The van der Waals surface area contributed by atoms with Crippen LogP contribution in [0.4, 0.5) is 0 Å². The SMILES string of the molecule is CC1(C)c2cc3c(cc2-c2cc4c(cc21)-c1ccc(-c2ccc5c6cccc7cccc(c8cccc2c85)c76)c2cccc-4c12)-c1cccc2c(-c4ccc5c6cccc7cccc(c8cccc4c85)c76)ccc-3c12. The summed E-state index contributed by atoms with van der Waals surface area (Å²) in [4.78, 5) is 0. The van der Waals surface area contributed by atoms with E-state index in [4.69, 9.17) is 0 Å². The lowest BCUT2D eigenvalue weighted by Gasteiger charge is -2.23. The van der Waals surface area contributed by atoms with Gasteiger partial charge in [0, 0.05) is 5.41 Å². The van der Waals surface area contributed by atoms with Crippen LogP contribution in [-0.2, 0) is 5.41 Å². The molecule has 0 radical (unpaired) electrons. The van der Waals surface area contributed by atoms with E-state index in [1.54, 1.807) is 0 Å². The molecule has 0 saturated carbocycles. The van der Waals surface area contributed by atoms with Crippen LogP contribution >= 0.6 is 0 Å². The summed E-state index contributed by atoms with van der Waals surface area (Å²) >= 11 is 0. The van der Waals surface area contributed by atoms with E-state index in [9.17, 15) is 0 Å². The monoisotopic (exact) mass is 942 g/mol. The highest BCUT2D eigenvalue weighted by molar-refractivity contribution is 6.36. The molecule has 16 aromatic rings. The Morgan fingerprint density at radius 2 is 0.453 bits per heavy atom. The van der Waals surface area contributed by atoms with Gasteiger partial charge >= 0.3 is 0 Å². The highest BCUT2D eigenvalue weighted by atomic mass is 14.4. The van der Waals surface area contributed by atoms with Gasteiger partial charge < -0.3 is 0 Å². The first-order valence-corrected chi connectivity index (χ1v) is 26.7. The summed E-state index contributed by atoms with van der Waals surface area (Å²) in [7, 11) is 0. The molecule has 16 aromatic carbocycles. The lowest BCUT2D eigenvalue weighted by Crippen LogP contribution is -2.15. The Bertz CT molecular complexity index is 4940. The normalized spacial score (nSPS) is 13.8. The van der Waals surface area contributed by atoms with Crippen molar-refractivity contribution in [1.29, 1.82) is 0 Å². The number of hydrogen-bond acceptors (Lipinski definition) is 0. The first kappa shape index (κ1) is 39.2. The molecule has 0 saturated heterocycles. The molecule has 0 amide bonds. The molecule has 0 N–H and O–H groups in total. The Kier molecular flexibility index (Phi) is 6.92. The van der Waals surface area contributed by atoms with Crippen molar-refractivity contribution in [3.63, 3.8) is 0 Å². The number of fused-ring (bicyclic) bond motifs is 13. The predicted octanol–water partition coefficient (Wildman–Crippen LogP) is 21.0. The van der Waals surface area contributed by atoms with E-state index >= 15 is 0 Å². The minimum absolute atomic E-state index is 0.186. The molecule has 19 rings (SSSR count). The van der Waals surface area contributed by atoms with Crippen LogP contribution in [-0.4, -0.2) is 0 Å². The smallest absolute Gasteiger partial charge is 0.0159 e. The van der Waals surface area contributed by atoms with Crippen molar-refractivity contribution >= 4 is 108 Å². The van der Waals surface area contributed by atoms with Gasteiger partial charge in [-0.3, -0.25) is 0 Å². The van der Waals surface area contributed by atoms with Crippen molar-refractivity contribution in [1.82, 2.24) is 0 Å². The first-order chi connectivity index (χ1) is 37.0. The Morgan fingerprint density at radius 1 is 0.187 bits per heavy atom. The largest absolute Gasteiger partial charge is 0.0610 e. The summed E-state index contributed by atoms with van der Waals surface area (Å²) in [6.45, 7) is 4.90. The van der Waals surface area contributed by atoms with Crippen LogP contribution in [0.5, 0.6) is 0 Å². The summed E-state index contributed by atoms with van der Waals surface area (Å²) in [6.07, 6.45) is 0. The summed E-state index contributed by atoms with van der Waals surface area (Å²) < 4.78 is 0. The first-order valence-electron chi connectivity index (χ1n) is 26.7. The van der Waals surface area contributed by atoms with Crippen LogP contribution in [0.3, 0.4) is 0 Å². The van der Waals surface area contributed by atoms with Crippen LogP contribution in [0.25, 0.3) is 186 Å². The van der Waals surface area contributed by atoms with E-state index in [1.807, 2.05) is 0 Å². The molecule has 0 spiro atoms. The van der Waals surface area contributed by atoms with Gasteiger partial charge in [-0.05, 0) is 221 Å². The van der Waals surface area contributed by atoms with Crippen LogP contribution in [0.1, 0.15) is 25.0 Å². The quantitative estimate of drug-likeness (QED) is 0.120. The second kappa shape index (κ2) is 13.2. The zero-order chi connectivity index (χ0) is 48.7. The molecular weight excluding hydrogens is 901 g/mol. The summed E-state index contributed by atoms with van der Waals surface area (Å²) in [6, 6.07) is 84.4. The van der Waals surface area contributed by atoms with Crippen molar-refractivity contribution in [2.24, 2.45) is 0 Å². The molecule has 3 aliphatic rings.